The zero-order valence-corrected chi connectivity index (χ0v) is 11.4. The van der Waals surface area contributed by atoms with E-state index in [1.807, 2.05) is 0 Å². The molecule has 1 aromatic heterocycles. The normalized spacial score (nSPS) is 10.6. The van der Waals surface area contributed by atoms with E-state index >= 15 is 0 Å². The van der Waals surface area contributed by atoms with E-state index in [0.29, 0.717) is 5.56 Å². The largest absolute Gasteiger partial charge is 0.494 e. The number of rotatable bonds is 5. The van der Waals surface area contributed by atoms with Gasteiger partial charge in [-0.05, 0) is 23.8 Å². The van der Waals surface area contributed by atoms with E-state index in [1.165, 1.54) is 38.5 Å². The highest BCUT2D eigenvalue weighted by atomic mass is 19.1. The van der Waals surface area contributed by atoms with Gasteiger partial charge in [-0.25, -0.2) is 9.49 Å². The summed E-state index contributed by atoms with van der Waals surface area (Å²) in [7, 11) is 2.79. The summed E-state index contributed by atoms with van der Waals surface area (Å²) in [5, 5.41) is 8.61. The molecule has 0 fully saturated rings. The van der Waals surface area contributed by atoms with Crippen molar-refractivity contribution < 1.29 is 18.7 Å². The Bertz CT molecular complexity index is 669. The maximum atomic E-state index is 13.5. The maximum Gasteiger partial charge on any atom is 0.336 e. The second-order valence-electron chi connectivity index (χ2n) is 3.89. The molecule has 1 heterocycles. The van der Waals surface area contributed by atoms with Crippen LogP contribution in [0.1, 0.15) is 5.56 Å². The highest BCUT2D eigenvalue weighted by Crippen LogP contribution is 2.18. The fourth-order valence-electron chi connectivity index (χ4n) is 1.51. The highest BCUT2D eigenvalue weighted by molar-refractivity contribution is 6.00. The lowest BCUT2D eigenvalue weighted by molar-refractivity contribution is -0.111. The summed E-state index contributed by atoms with van der Waals surface area (Å²) < 4.78 is 23.0. The van der Waals surface area contributed by atoms with Crippen LogP contribution in [-0.4, -0.2) is 35.3 Å². The Labute approximate surface area is 119 Å². The summed E-state index contributed by atoms with van der Waals surface area (Å²) in [6.45, 7) is 0. The quantitative estimate of drug-likeness (QED) is 0.817. The minimum atomic E-state index is -0.500. The number of aromatic amines is 1. The minimum Gasteiger partial charge on any atom is -0.494 e. The average Bonchev–Trinajstić information content (AvgIpc) is 2.93. The summed E-state index contributed by atoms with van der Waals surface area (Å²) >= 11 is 0. The fourth-order valence-corrected chi connectivity index (χ4v) is 1.51. The molecule has 0 atom stereocenters. The van der Waals surface area contributed by atoms with Crippen LogP contribution in [0.3, 0.4) is 0 Å². The van der Waals surface area contributed by atoms with Gasteiger partial charge in [0.15, 0.2) is 11.6 Å². The van der Waals surface area contributed by atoms with E-state index in [2.05, 4.69) is 20.5 Å². The number of amides is 1. The smallest absolute Gasteiger partial charge is 0.336 e. The van der Waals surface area contributed by atoms with Crippen molar-refractivity contribution in [3.05, 3.63) is 35.7 Å². The fraction of sp³-hybridized carbons (Fsp3) is 0.154. The Kier molecular flexibility index (Phi) is 4.50. The molecular weight excluding hydrogens is 279 g/mol. The van der Waals surface area contributed by atoms with Crippen LogP contribution >= 0.6 is 0 Å². The van der Waals surface area contributed by atoms with Crippen molar-refractivity contribution >= 4 is 17.9 Å². The molecule has 0 unspecified atom stereocenters. The predicted octanol–water partition coefficient (Wildman–Crippen LogP) is 1.61. The third kappa shape index (κ3) is 3.78. The Morgan fingerprint density at radius 1 is 1.38 bits per heavy atom. The molecule has 0 saturated carbocycles. The van der Waals surface area contributed by atoms with Crippen molar-refractivity contribution in [1.82, 2.24) is 15.2 Å². The monoisotopic (exact) mass is 292 g/mol. The molecule has 0 spiro atoms. The Morgan fingerprint density at radius 2 is 2.19 bits per heavy atom. The van der Waals surface area contributed by atoms with E-state index in [-0.39, 0.29) is 17.7 Å². The van der Waals surface area contributed by atoms with Crippen molar-refractivity contribution in [1.29, 1.82) is 0 Å². The van der Waals surface area contributed by atoms with Gasteiger partial charge in [0.25, 0.3) is 5.91 Å². The molecule has 0 aliphatic carbocycles. The lowest BCUT2D eigenvalue weighted by Crippen LogP contribution is -2.09. The molecule has 2 aromatic rings. The van der Waals surface area contributed by atoms with Crippen LogP contribution in [0, 0.1) is 5.82 Å². The van der Waals surface area contributed by atoms with Crippen LogP contribution in [0.5, 0.6) is 11.8 Å². The molecule has 1 aromatic carbocycles. The summed E-state index contributed by atoms with van der Waals surface area (Å²) in [5.41, 5.74) is 0.526. The summed E-state index contributed by atoms with van der Waals surface area (Å²) in [4.78, 5) is 15.5. The molecule has 110 valence electrons. The highest BCUT2D eigenvalue weighted by Gasteiger charge is 2.05. The van der Waals surface area contributed by atoms with Gasteiger partial charge in [0, 0.05) is 6.08 Å². The molecule has 0 saturated heterocycles. The topological polar surface area (TPSA) is 89.1 Å². The number of anilines is 1. The van der Waals surface area contributed by atoms with Crippen LogP contribution in [-0.2, 0) is 4.79 Å². The number of methoxy groups -OCH3 is 2. The van der Waals surface area contributed by atoms with Crippen molar-refractivity contribution in [3.63, 3.8) is 0 Å². The van der Waals surface area contributed by atoms with E-state index in [9.17, 15) is 9.18 Å². The molecule has 2 N–H and O–H groups in total. The van der Waals surface area contributed by atoms with Crippen molar-refractivity contribution in [2.45, 2.75) is 0 Å². The number of hydrogen-bond donors (Lipinski definition) is 2. The lowest BCUT2D eigenvalue weighted by atomic mass is 10.2. The van der Waals surface area contributed by atoms with Crippen LogP contribution < -0.4 is 14.8 Å². The van der Waals surface area contributed by atoms with Crippen molar-refractivity contribution in [2.75, 3.05) is 19.5 Å². The van der Waals surface area contributed by atoms with Crippen molar-refractivity contribution in [2.24, 2.45) is 0 Å². The zero-order valence-electron chi connectivity index (χ0n) is 11.4. The second-order valence-corrected chi connectivity index (χ2v) is 3.89. The summed E-state index contributed by atoms with van der Waals surface area (Å²) in [6.07, 6.45) is 2.71. The average molecular weight is 292 g/mol. The van der Waals surface area contributed by atoms with Gasteiger partial charge in [-0.3, -0.25) is 10.1 Å². The van der Waals surface area contributed by atoms with Gasteiger partial charge in [-0.1, -0.05) is 6.07 Å². The van der Waals surface area contributed by atoms with Gasteiger partial charge in [0.1, 0.15) is 0 Å². The number of halogens is 1. The molecule has 0 aliphatic rings. The van der Waals surface area contributed by atoms with Crippen LogP contribution in [0.25, 0.3) is 6.08 Å². The molecule has 1 amide bonds. The molecular formula is C13H13FN4O3. The molecule has 8 heteroatoms. The van der Waals surface area contributed by atoms with E-state index in [1.54, 1.807) is 6.07 Å². The molecule has 2 rings (SSSR count). The minimum absolute atomic E-state index is 0.117. The molecule has 7 nitrogen and oxygen atoms in total. The van der Waals surface area contributed by atoms with Gasteiger partial charge in [0.2, 0.25) is 5.95 Å². The summed E-state index contributed by atoms with van der Waals surface area (Å²) in [6, 6.07) is 4.49. The number of nitrogens with one attached hydrogen (secondary N) is 2. The maximum absolute atomic E-state index is 13.5. The number of aromatic nitrogens is 3. The number of carbonyl (C=O) groups excluding carboxylic acids is 1. The Balaban J connectivity index is 2.00. The number of carbonyl (C=O) groups is 1. The van der Waals surface area contributed by atoms with Gasteiger partial charge in [-0.2, -0.15) is 4.98 Å². The van der Waals surface area contributed by atoms with E-state index < -0.39 is 11.7 Å². The van der Waals surface area contributed by atoms with Gasteiger partial charge in [0.05, 0.1) is 14.2 Å². The third-order valence-corrected chi connectivity index (χ3v) is 2.49. The molecule has 0 radical (unpaired) electrons. The number of ether oxygens (including phenoxy) is 2. The number of benzene rings is 1. The first-order valence-electron chi connectivity index (χ1n) is 5.91. The Morgan fingerprint density at radius 3 is 2.81 bits per heavy atom. The number of H-pyrrole nitrogens is 1. The first kappa shape index (κ1) is 14.5. The van der Waals surface area contributed by atoms with Crippen molar-refractivity contribution in [3.8, 4) is 11.8 Å². The molecule has 21 heavy (non-hydrogen) atoms. The van der Waals surface area contributed by atoms with Crippen LogP contribution in [0.15, 0.2) is 24.3 Å². The number of hydrogen-bond acceptors (Lipinski definition) is 5. The Hall–Kier alpha value is -2.90. The zero-order chi connectivity index (χ0) is 15.2. The van der Waals surface area contributed by atoms with Gasteiger partial charge < -0.3 is 9.47 Å². The summed E-state index contributed by atoms with van der Waals surface area (Å²) in [5.74, 6) is -0.641. The SMILES string of the molecule is COc1n[nH]c(NC(=O)/C=C/c2ccc(OC)c(F)c2)n1. The third-order valence-electron chi connectivity index (χ3n) is 2.49. The van der Waals surface area contributed by atoms with E-state index in [0.717, 1.165) is 0 Å². The predicted molar refractivity (Wildman–Crippen MR) is 73.6 cm³/mol. The second kappa shape index (κ2) is 6.51. The molecule has 0 bridgehead atoms. The van der Waals surface area contributed by atoms with Gasteiger partial charge in [-0.15, -0.1) is 5.10 Å². The van der Waals surface area contributed by atoms with Gasteiger partial charge >= 0.3 is 6.01 Å². The first-order chi connectivity index (χ1) is 10.1. The van der Waals surface area contributed by atoms with Crippen LogP contribution in [0.2, 0.25) is 0 Å². The van der Waals surface area contributed by atoms with Crippen LogP contribution in [0.4, 0.5) is 10.3 Å². The standard InChI is InChI=1S/C13H13FN4O3/c1-20-10-5-3-8(7-9(10)14)4-6-11(19)15-12-16-13(21-2)18-17-12/h3-7H,1-2H3,(H2,15,16,17,18,19)/b6-4+. The lowest BCUT2D eigenvalue weighted by Gasteiger charge is -2.01. The molecule has 0 aliphatic heterocycles. The first-order valence-corrected chi connectivity index (χ1v) is 5.91. The number of nitrogens with zero attached hydrogens (tertiary/aromatic N) is 2. The van der Waals surface area contributed by atoms with E-state index in [4.69, 9.17) is 9.47 Å².